The number of ether oxygens (including phenoxy) is 1. The highest BCUT2D eigenvalue weighted by molar-refractivity contribution is 5.94. The lowest BCUT2D eigenvalue weighted by Crippen LogP contribution is -2.45. The number of nitrogens with zero attached hydrogens (tertiary/aromatic N) is 3. The van der Waals surface area contributed by atoms with Crippen LogP contribution in [0.5, 0.6) is 5.88 Å². The number of alkyl halides is 3. The Balaban J connectivity index is 1.54. The van der Waals surface area contributed by atoms with Gasteiger partial charge in [0.25, 0.3) is 5.91 Å². The Kier molecular flexibility index (Phi) is 6.41. The molecule has 2 saturated heterocycles. The second-order valence-electron chi connectivity index (χ2n) is 7.24. The average Bonchev–Trinajstić information content (AvgIpc) is 2.72. The topological polar surface area (TPSA) is 62.7 Å². The molecule has 3 rings (SSSR count). The van der Waals surface area contributed by atoms with Crippen molar-refractivity contribution in [3.63, 3.8) is 0 Å². The van der Waals surface area contributed by atoms with E-state index in [0.29, 0.717) is 25.9 Å². The van der Waals surface area contributed by atoms with Crippen LogP contribution in [0.3, 0.4) is 0 Å². The largest absolute Gasteiger partial charge is 0.468 e. The van der Waals surface area contributed by atoms with Gasteiger partial charge in [-0.2, -0.15) is 13.2 Å². The molecule has 2 amide bonds. The third kappa shape index (κ3) is 5.36. The van der Waals surface area contributed by atoms with E-state index < -0.39 is 12.8 Å². The third-order valence-corrected chi connectivity index (χ3v) is 5.16. The van der Waals surface area contributed by atoms with Gasteiger partial charge in [-0.05, 0) is 38.2 Å². The van der Waals surface area contributed by atoms with Gasteiger partial charge < -0.3 is 14.5 Å². The fourth-order valence-electron chi connectivity index (χ4n) is 3.66. The van der Waals surface area contributed by atoms with Crippen LogP contribution in [0.15, 0.2) is 18.3 Å². The van der Waals surface area contributed by atoms with Gasteiger partial charge in [-0.3, -0.25) is 9.59 Å². The van der Waals surface area contributed by atoms with Crippen LogP contribution >= 0.6 is 0 Å². The summed E-state index contributed by atoms with van der Waals surface area (Å²) in [6, 6.07) is 2.67. The monoisotopic (exact) mass is 399 g/mol. The first kappa shape index (κ1) is 20.4. The highest BCUT2D eigenvalue weighted by Crippen LogP contribution is 2.24. The van der Waals surface area contributed by atoms with E-state index in [9.17, 15) is 22.8 Å². The molecular weight excluding hydrogens is 375 g/mol. The number of pyridine rings is 1. The predicted molar refractivity (Wildman–Crippen MR) is 94.8 cm³/mol. The molecule has 3 heterocycles. The van der Waals surface area contributed by atoms with Crippen molar-refractivity contribution in [3.8, 4) is 5.88 Å². The normalized spacial score (nSPS) is 18.8. The number of likely N-dealkylation sites (tertiary alicyclic amines) is 2. The Bertz CT molecular complexity index is 697. The van der Waals surface area contributed by atoms with Crippen molar-refractivity contribution in [2.75, 3.05) is 32.8 Å². The first-order valence-corrected chi connectivity index (χ1v) is 9.57. The van der Waals surface area contributed by atoms with Gasteiger partial charge >= 0.3 is 6.18 Å². The maximum absolute atomic E-state index is 12.7. The molecule has 28 heavy (non-hydrogen) atoms. The van der Waals surface area contributed by atoms with E-state index in [0.717, 1.165) is 32.4 Å². The molecule has 6 nitrogen and oxygen atoms in total. The van der Waals surface area contributed by atoms with Crippen LogP contribution < -0.4 is 4.74 Å². The molecule has 0 aliphatic carbocycles. The number of aromatic nitrogens is 1. The molecule has 2 aliphatic heterocycles. The zero-order valence-corrected chi connectivity index (χ0v) is 15.6. The molecular formula is C19H24F3N3O3. The summed E-state index contributed by atoms with van der Waals surface area (Å²) in [7, 11) is 0. The van der Waals surface area contributed by atoms with E-state index in [1.54, 1.807) is 4.90 Å². The SMILES string of the molecule is O=C(c1ccnc(OCC(F)(F)F)c1)N1CCC(C(=O)N2CCCCC2)CC1. The van der Waals surface area contributed by atoms with E-state index in [2.05, 4.69) is 9.72 Å². The van der Waals surface area contributed by atoms with E-state index in [1.807, 2.05) is 4.90 Å². The number of piperidine rings is 2. The van der Waals surface area contributed by atoms with Crippen molar-refractivity contribution >= 4 is 11.8 Å². The highest BCUT2D eigenvalue weighted by atomic mass is 19.4. The summed E-state index contributed by atoms with van der Waals surface area (Å²) >= 11 is 0. The van der Waals surface area contributed by atoms with Crippen LogP contribution in [0, 0.1) is 5.92 Å². The second-order valence-corrected chi connectivity index (χ2v) is 7.24. The summed E-state index contributed by atoms with van der Waals surface area (Å²) in [5.41, 5.74) is 0.230. The molecule has 0 unspecified atom stereocenters. The third-order valence-electron chi connectivity index (χ3n) is 5.16. The zero-order chi connectivity index (χ0) is 20.1. The maximum atomic E-state index is 12.7. The molecule has 0 saturated carbocycles. The molecule has 9 heteroatoms. The molecule has 2 aliphatic rings. The maximum Gasteiger partial charge on any atom is 0.422 e. The minimum atomic E-state index is -4.47. The van der Waals surface area contributed by atoms with Gasteiger partial charge in [0.2, 0.25) is 11.8 Å². The van der Waals surface area contributed by atoms with Gasteiger partial charge in [-0.15, -0.1) is 0 Å². The number of rotatable bonds is 4. The summed E-state index contributed by atoms with van der Waals surface area (Å²) < 4.78 is 41.4. The van der Waals surface area contributed by atoms with E-state index in [1.165, 1.54) is 18.3 Å². The van der Waals surface area contributed by atoms with Gasteiger partial charge in [0.15, 0.2) is 6.61 Å². The molecule has 0 bridgehead atoms. The molecule has 154 valence electrons. The lowest BCUT2D eigenvalue weighted by molar-refractivity contribution is -0.154. The molecule has 0 atom stereocenters. The standard InChI is InChI=1S/C19H24F3N3O3/c20-19(21,22)13-28-16-12-15(4-7-23-16)18(27)25-10-5-14(6-11-25)17(26)24-8-2-1-3-9-24/h4,7,12,14H,1-3,5-6,8-11,13H2. The molecule has 0 aromatic carbocycles. The van der Waals surface area contributed by atoms with E-state index >= 15 is 0 Å². The van der Waals surface area contributed by atoms with Gasteiger partial charge in [0.1, 0.15) is 0 Å². The summed E-state index contributed by atoms with van der Waals surface area (Å²) in [6.45, 7) is 1.07. The van der Waals surface area contributed by atoms with Crippen LogP contribution in [0.4, 0.5) is 13.2 Å². The van der Waals surface area contributed by atoms with Gasteiger partial charge in [0.05, 0.1) is 0 Å². The number of carbonyl (C=O) groups is 2. The Morgan fingerprint density at radius 2 is 1.75 bits per heavy atom. The number of hydrogen-bond acceptors (Lipinski definition) is 4. The van der Waals surface area contributed by atoms with Crippen molar-refractivity contribution < 1.29 is 27.5 Å². The minimum Gasteiger partial charge on any atom is -0.468 e. The highest BCUT2D eigenvalue weighted by Gasteiger charge is 2.31. The average molecular weight is 399 g/mol. The minimum absolute atomic E-state index is 0.0646. The van der Waals surface area contributed by atoms with Crippen LogP contribution in [0.1, 0.15) is 42.5 Å². The smallest absolute Gasteiger partial charge is 0.422 e. The summed E-state index contributed by atoms with van der Waals surface area (Å²) in [5.74, 6) is -0.412. The summed E-state index contributed by atoms with van der Waals surface area (Å²) in [5, 5.41) is 0. The van der Waals surface area contributed by atoms with Crippen molar-refractivity contribution in [3.05, 3.63) is 23.9 Å². The van der Waals surface area contributed by atoms with E-state index in [4.69, 9.17) is 0 Å². The Labute approximate surface area is 161 Å². The predicted octanol–water partition coefficient (Wildman–Crippen LogP) is 2.89. The van der Waals surface area contributed by atoms with Crippen LogP contribution in [0.2, 0.25) is 0 Å². The molecule has 0 N–H and O–H groups in total. The molecule has 1 aromatic heterocycles. The number of hydrogen-bond donors (Lipinski definition) is 0. The molecule has 0 radical (unpaired) electrons. The van der Waals surface area contributed by atoms with Crippen molar-refractivity contribution in [1.82, 2.24) is 14.8 Å². The fourth-order valence-corrected chi connectivity index (χ4v) is 3.66. The fraction of sp³-hybridized carbons (Fsp3) is 0.632. The second kappa shape index (κ2) is 8.79. The zero-order valence-electron chi connectivity index (χ0n) is 15.6. The van der Waals surface area contributed by atoms with Crippen molar-refractivity contribution in [2.45, 2.75) is 38.3 Å². The number of halogens is 3. The lowest BCUT2D eigenvalue weighted by Gasteiger charge is -2.35. The quantitative estimate of drug-likeness (QED) is 0.781. The van der Waals surface area contributed by atoms with Crippen LogP contribution in [-0.4, -0.2) is 65.6 Å². The Hall–Kier alpha value is -2.32. The van der Waals surface area contributed by atoms with Gasteiger partial charge in [-0.25, -0.2) is 4.98 Å². The molecule has 1 aromatic rings. The summed E-state index contributed by atoms with van der Waals surface area (Å²) in [4.78, 5) is 32.5. The van der Waals surface area contributed by atoms with Gasteiger partial charge in [0, 0.05) is 49.9 Å². The molecule has 2 fully saturated rings. The van der Waals surface area contributed by atoms with E-state index in [-0.39, 0.29) is 29.2 Å². The molecule has 0 spiro atoms. The van der Waals surface area contributed by atoms with Crippen LogP contribution in [0.25, 0.3) is 0 Å². The Morgan fingerprint density at radius 1 is 1.07 bits per heavy atom. The summed E-state index contributed by atoms with van der Waals surface area (Å²) in [6.07, 6.45) is 1.24. The van der Waals surface area contributed by atoms with Crippen LogP contribution in [-0.2, 0) is 4.79 Å². The van der Waals surface area contributed by atoms with Crippen molar-refractivity contribution in [2.24, 2.45) is 5.92 Å². The lowest BCUT2D eigenvalue weighted by atomic mass is 9.94. The number of carbonyl (C=O) groups excluding carboxylic acids is 2. The number of amides is 2. The van der Waals surface area contributed by atoms with Gasteiger partial charge in [-0.1, -0.05) is 0 Å². The first-order chi connectivity index (χ1) is 13.3. The van der Waals surface area contributed by atoms with Crippen molar-refractivity contribution in [1.29, 1.82) is 0 Å². The Morgan fingerprint density at radius 3 is 2.39 bits per heavy atom. The first-order valence-electron chi connectivity index (χ1n) is 9.57.